The van der Waals surface area contributed by atoms with Gasteiger partial charge in [-0.05, 0) is 40.7 Å². The van der Waals surface area contributed by atoms with Gasteiger partial charge in [-0.2, -0.15) is 0 Å². The van der Waals surface area contributed by atoms with Crippen LogP contribution in [-0.2, 0) is 4.74 Å². The molecule has 6 heteroatoms. The summed E-state index contributed by atoms with van der Waals surface area (Å²) < 4.78 is 5.37. The van der Waals surface area contributed by atoms with Crippen LogP contribution in [-0.4, -0.2) is 53.6 Å². The minimum Gasteiger partial charge on any atom is -0.444 e. The van der Waals surface area contributed by atoms with Crippen molar-refractivity contribution in [3.05, 3.63) is 21.4 Å². The largest absolute Gasteiger partial charge is 0.444 e. The van der Waals surface area contributed by atoms with Crippen molar-refractivity contribution < 1.29 is 14.3 Å². The van der Waals surface area contributed by atoms with E-state index < -0.39 is 5.60 Å². The normalized spacial score (nSPS) is 15.9. The summed E-state index contributed by atoms with van der Waals surface area (Å²) in [6.45, 7) is 11.7. The highest BCUT2D eigenvalue weighted by Crippen LogP contribution is 2.22. The number of nitrogens with zero attached hydrogens (tertiary/aromatic N) is 2. The fourth-order valence-electron chi connectivity index (χ4n) is 2.43. The van der Waals surface area contributed by atoms with Gasteiger partial charge in [0.25, 0.3) is 5.91 Å². The Morgan fingerprint density at radius 3 is 2.09 bits per heavy atom. The first-order valence-corrected chi connectivity index (χ1v) is 8.33. The molecule has 0 radical (unpaired) electrons. The number of ether oxygens (including phenoxy) is 1. The smallest absolute Gasteiger partial charge is 0.410 e. The van der Waals surface area contributed by atoms with E-state index in [4.69, 9.17) is 4.74 Å². The van der Waals surface area contributed by atoms with Gasteiger partial charge in [-0.1, -0.05) is 0 Å². The Hall–Kier alpha value is -1.56. The number of carbonyl (C=O) groups excluding carboxylic acids is 2. The molecule has 0 spiro atoms. The standard InChI is InChI=1S/C16H24N2O3S/c1-11-10-13(12(2)22-11)14(19)17-6-8-18(9-7-17)15(20)21-16(3,4)5/h10H,6-9H2,1-5H3. The molecule has 0 saturated carbocycles. The Kier molecular flexibility index (Phi) is 4.80. The van der Waals surface area contributed by atoms with E-state index in [0.717, 1.165) is 15.3 Å². The van der Waals surface area contributed by atoms with Crippen LogP contribution in [0.4, 0.5) is 4.79 Å². The molecule has 2 heterocycles. The van der Waals surface area contributed by atoms with Gasteiger partial charge >= 0.3 is 6.09 Å². The fourth-order valence-corrected chi connectivity index (χ4v) is 3.35. The van der Waals surface area contributed by atoms with Gasteiger partial charge in [-0.3, -0.25) is 4.79 Å². The van der Waals surface area contributed by atoms with Crippen LogP contribution in [0.3, 0.4) is 0 Å². The lowest BCUT2D eigenvalue weighted by Crippen LogP contribution is -2.51. The fraction of sp³-hybridized carbons (Fsp3) is 0.625. The van der Waals surface area contributed by atoms with E-state index in [9.17, 15) is 9.59 Å². The molecule has 0 aliphatic carbocycles. The molecular weight excluding hydrogens is 300 g/mol. The summed E-state index contributed by atoms with van der Waals surface area (Å²) in [6.07, 6.45) is -0.304. The summed E-state index contributed by atoms with van der Waals surface area (Å²) in [5, 5.41) is 0. The molecule has 1 aliphatic rings. The summed E-state index contributed by atoms with van der Waals surface area (Å²) in [6, 6.07) is 1.95. The molecule has 0 aromatic carbocycles. The van der Waals surface area contributed by atoms with Crippen LogP contribution in [0.1, 0.15) is 40.9 Å². The van der Waals surface area contributed by atoms with Gasteiger partial charge in [0.15, 0.2) is 0 Å². The van der Waals surface area contributed by atoms with Crippen molar-refractivity contribution >= 4 is 23.3 Å². The maximum atomic E-state index is 12.5. The second kappa shape index (κ2) is 6.28. The van der Waals surface area contributed by atoms with Crippen molar-refractivity contribution in [2.45, 2.75) is 40.2 Å². The summed E-state index contributed by atoms with van der Waals surface area (Å²) in [7, 11) is 0. The number of hydrogen-bond acceptors (Lipinski definition) is 4. The van der Waals surface area contributed by atoms with Gasteiger partial charge in [-0.15, -0.1) is 11.3 Å². The quantitative estimate of drug-likeness (QED) is 0.798. The lowest BCUT2D eigenvalue weighted by Gasteiger charge is -2.35. The SMILES string of the molecule is Cc1cc(C(=O)N2CCN(C(=O)OC(C)(C)C)CC2)c(C)s1. The average Bonchev–Trinajstić information content (AvgIpc) is 2.75. The zero-order valence-electron chi connectivity index (χ0n) is 13.9. The molecule has 0 N–H and O–H groups in total. The summed E-state index contributed by atoms with van der Waals surface area (Å²) in [5.74, 6) is 0.0608. The number of aryl methyl sites for hydroxylation is 2. The monoisotopic (exact) mass is 324 g/mol. The topological polar surface area (TPSA) is 49.9 Å². The summed E-state index contributed by atoms with van der Waals surface area (Å²) in [5.41, 5.74) is 0.295. The van der Waals surface area contributed by atoms with Crippen LogP contribution in [0.25, 0.3) is 0 Å². The molecule has 0 atom stereocenters. The van der Waals surface area contributed by atoms with E-state index in [1.54, 1.807) is 16.2 Å². The second-order valence-corrected chi connectivity index (χ2v) is 8.05. The molecule has 1 saturated heterocycles. The van der Waals surface area contributed by atoms with Crippen LogP contribution in [0, 0.1) is 13.8 Å². The third-order valence-corrected chi connectivity index (χ3v) is 4.46. The van der Waals surface area contributed by atoms with E-state index in [-0.39, 0.29) is 12.0 Å². The molecule has 2 amide bonds. The van der Waals surface area contributed by atoms with Crippen molar-refractivity contribution in [1.82, 2.24) is 9.80 Å². The van der Waals surface area contributed by atoms with E-state index in [1.165, 1.54) is 0 Å². The molecular formula is C16H24N2O3S. The van der Waals surface area contributed by atoms with Crippen molar-refractivity contribution in [2.75, 3.05) is 26.2 Å². The van der Waals surface area contributed by atoms with Crippen molar-refractivity contribution in [2.24, 2.45) is 0 Å². The Balaban J connectivity index is 1.93. The Labute approximate surface area is 135 Å². The first kappa shape index (κ1) is 16.8. The first-order chi connectivity index (χ1) is 10.2. The molecule has 2 rings (SSSR count). The second-order valence-electron chi connectivity index (χ2n) is 6.59. The highest BCUT2D eigenvalue weighted by atomic mass is 32.1. The van der Waals surface area contributed by atoms with Gasteiger partial charge < -0.3 is 14.5 Å². The molecule has 0 bridgehead atoms. The number of carbonyl (C=O) groups is 2. The van der Waals surface area contributed by atoms with Gasteiger partial charge in [0, 0.05) is 35.9 Å². The third kappa shape index (κ3) is 4.00. The number of thiophene rings is 1. The lowest BCUT2D eigenvalue weighted by molar-refractivity contribution is 0.0141. The van der Waals surface area contributed by atoms with Crippen LogP contribution in [0.5, 0.6) is 0 Å². The number of hydrogen-bond donors (Lipinski definition) is 0. The molecule has 1 fully saturated rings. The van der Waals surface area contributed by atoms with Crippen molar-refractivity contribution in [3.63, 3.8) is 0 Å². The zero-order chi connectivity index (χ0) is 16.5. The van der Waals surface area contributed by atoms with Gasteiger partial charge in [-0.25, -0.2) is 4.79 Å². The predicted molar refractivity (Wildman–Crippen MR) is 87.5 cm³/mol. The molecule has 1 aromatic rings. The van der Waals surface area contributed by atoms with Gasteiger partial charge in [0.05, 0.1) is 5.56 Å². The lowest BCUT2D eigenvalue weighted by atomic mass is 10.2. The van der Waals surface area contributed by atoms with Crippen molar-refractivity contribution in [3.8, 4) is 0 Å². The number of piperazine rings is 1. The summed E-state index contributed by atoms with van der Waals surface area (Å²) >= 11 is 1.64. The van der Waals surface area contributed by atoms with E-state index in [2.05, 4.69) is 0 Å². The van der Waals surface area contributed by atoms with Gasteiger partial charge in [0.2, 0.25) is 0 Å². The van der Waals surface area contributed by atoms with E-state index in [1.807, 2.05) is 45.6 Å². The van der Waals surface area contributed by atoms with Crippen LogP contribution in [0.2, 0.25) is 0 Å². The Morgan fingerprint density at radius 1 is 1.09 bits per heavy atom. The Morgan fingerprint density at radius 2 is 1.64 bits per heavy atom. The van der Waals surface area contributed by atoms with E-state index in [0.29, 0.717) is 26.2 Å². The van der Waals surface area contributed by atoms with Crippen LogP contribution >= 0.6 is 11.3 Å². The zero-order valence-corrected chi connectivity index (χ0v) is 14.7. The highest BCUT2D eigenvalue weighted by molar-refractivity contribution is 7.12. The average molecular weight is 324 g/mol. The number of amides is 2. The number of rotatable bonds is 1. The van der Waals surface area contributed by atoms with Crippen molar-refractivity contribution in [1.29, 1.82) is 0 Å². The summed E-state index contributed by atoms with van der Waals surface area (Å²) in [4.78, 5) is 30.2. The van der Waals surface area contributed by atoms with Gasteiger partial charge in [0.1, 0.15) is 5.60 Å². The molecule has 1 aliphatic heterocycles. The van der Waals surface area contributed by atoms with Crippen LogP contribution in [0.15, 0.2) is 6.07 Å². The molecule has 5 nitrogen and oxygen atoms in total. The third-order valence-electron chi connectivity index (χ3n) is 3.49. The molecule has 22 heavy (non-hydrogen) atoms. The Bertz CT molecular complexity index is 566. The molecule has 0 unspecified atom stereocenters. The highest BCUT2D eigenvalue weighted by Gasteiger charge is 2.28. The van der Waals surface area contributed by atoms with E-state index >= 15 is 0 Å². The minimum atomic E-state index is -0.491. The maximum absolute atomic E-state index is 12.5. The first-order valence-electron chi connectivity index (χ1n) is 7.51. The minimum absolute atomic E-state index is 0.0608. The maximum Gasteiger partial charge on any atom is 0.410 e. The molecule has 1 aromatic heterocycles. The predicted octanol–water partition coefficient (Wildman–Crippen LogP) is 3.06. The van der Waals surface area contributed by atoms with Crippen LogP contribution < -0.4 is 0 Å². The molecule has 122 valence electrons.